The van der Waals surface area contributed by atoms with Gasteiger partial charge in [0.15, 0.2) is 0 Å². The average molecular weight is 207 g/mol. The van der Waals surface area contributed by atoms with Crippen molar-refractivity contribution in [3.05, 3.63) is 47.7 Å². The topological polar surface area (TPSA) is 12.0 Å². The Bertz CT molecular complexity index is 234. The van der Waals surface area contributed by atoms with Gasteiger partial charge in [-0.3, -0.25) is 0 Å². The normalized spacial score (nSPS) is 9.47. The van der Waals surface area contributed by atoms with Gasteiger partial charge in [-0.1, -0.05) is 35.5 Å². The van der Waals surface area contributed by atoms with E-state index in [0.717, 1.165) is 0 Å². The maximum atomic E-state index is 2.90. The zero-order chi connectivity index (χ0) is 12.1. The van der Waals surface area contributed by atoms with E-state index in [1.165, 1.54) is 11.1 Å². The lowest BCUT2D eigenvalue weighted by Crippen LogP contribution is -1.89. The highest BCUT2D eigenvalue weighted by Gasteiger charge is 1.67. The van der Waals surface area contributed by atoms with Gasteiger partial charge >= 0.3 is 0 Å². The standard InChI is InChI=1S/C7H13N.C7H12/c1-7(2)5-4-6-8-3;1-4-5-6-7(2)3/h4-6,8H,1-3H3;4-6H,1-3H3/b6-4-;5-4-. The van der Waals surface area contributed by atoms with Crippen molar-refractivity contribution in [2.24, 2.45) is 0 Å². The smallest absolute Gasteiger partial charge is 0.00277 e. The fourth-order valence-electron chi connectivity index (χ4n) is 0.625. The molecule has 0 saturated heterocycles. The zero-order valence-electron chi connectivity index (χ0n) is 11.0. The van der Waals surface area contributed by atoms with Crippen LogP contribution < -0.4 is 5.32 Å². The van der Waals surface area contributed by atoms with Gasteiger partial charge in [0, 0.05) is 7.05 Å². The summed E-state index contributed by atoms with van der Waals surface area (Å²) in [6, 6.07) is 0. The predicted octanol–water partition coefficient (Wildman–Crippen LogP) is 4.21. The molecule has 0 aliphatic heterocycles. The van der Waals surface area contributed by atoms with E-state index in [4.69, 9.17) is 0 Å². The minimum atomic E-state index is 1.32. The molecule has 0 aromatic rings. The summed E-state index contributed by atoms with van der Waals surface area (Å²) in [6.45, 7) is 10.3. The third-order valence-corrected chi connectivity index (χ3v) is 1.31. The first-order valence-corrected chi connectivity index (χ1v) is 5.28. The molecule has 0 bridgehead atoms. The molecule has 0 heterocycles. The number of nitrogens with one attached hydrogen (secondary N) is 1. The Balaban J connectivity index is 0. The third kappa shape index (κ3) is 24.5. The minimum Gasteiger partial charge on any atom is -0.394 e. The van der Waals surface area contributed by atoms with Gasteiger partial charge in [-0.2, -0.15) is 0 Å². The number of allylic oxidation sites excluding steroid dienone is 7. The highest BCUT2D eigenvalue weighted by molar-refractivity contribution is 5.07. The molecule has 1 N–H and O–H groups in total. The van der Waals surface area contributed by atoms with Crippen LogP contribution >= 0.6 is 0 Å². The molecule has 0 amide bonds. The lowest BCUT2D eigenvalue weighted by atomic mass is 10.3. The van der Waals surface area contributed by atoms with Crippen LogP contribution in [0.15, 0.2) is 47.7 Å². The summed E-state index contributed by atoms with van der Waals surface area (Å²) >= 11 is 0. The molecule has 1 heteroatoms. The number of hydrogen-bond acceptors (Lipinski definition) is 1. The molecule has 0 rings (SSSR count). The molecular formula is C14H25N. The van der Waals surface area contributed by atoms with Gasteiger partial charge in [0.25, 0.3) is 0 Å². The highest BCUT2D eigenvalue weighted by atomic mass is 14.8. The highest BCUT2D eigenvalue weighted by Crippen LogP contribution is 1.87. The van der Waals surface area contributed by atoms with Gasteiger partial charge in [0.05, 0.1) is 0 Å². The summed E-state index contributed by atoms with van der Waals surface area (Å²) in [5, 5.41) is 2.90. The molecule has 0 radical (unpaired) electrons. The van der Waals surface area contributed by atoms with Crippen LogP contribution in [0.5, 0.6) is 0 Å². The predicted molar refractivity (Wildman–Crippen MR) is 71.9 cm³/mol. The maximum Gasteiger partial charge on any atom is 0.00277 e. The summed E-state index contributed by atoms with van der Waals surface area (Å²) in [5.74, 6) is 0. The molecule has 15 heavy (non-hydrogen) atoms. The Labute approximate surface area is 95.3 Å². The van der Waals surface area contributed by atoms with E-state index in [-0.39, 0.29) is 0 Å². The first kappa shape index (κ1) is 16.2. The third-order valence-electron chi connectivity index (χ3n) is 1.31. The van der Waals surface area contributed by atoms with Gasteiger partial charge < -0.3 is 5.32 Å². The van der Waals surface area contributed by atoms with Gasteiger partial charge in [-0.05, 0) is 46.9 Å². The van der Waals surface area contributed by atoms with Gasteiger partial charge in [0.1, 0.15) is 0 Å². The Kier molecular flexibility index (Phi) is 13.8. The second-order valence-electron chi connectivity index (χ2n) is 3.66. The van der Waals surface area contributed by atoms with Gasteiger partial charge in [-0.25, -0.2) is 0 Å². The van der Waals surface area contributed by atoms with Crippen LogP contribution in [0, 0.1) is 0 Å². The van der Waals surface area contributed by atoms with Crippen molar-refractivity contribution in [1.29, 1.82) is 0 Å². The van der Waals surface area contributed by atoms with Crippen molar-refractivity contribution in [2.75, 3.05) is 7.05 Å². The molecule has 0 unspecified atom stereocenters. The number of hydrogen-bond donors (Lipinski definition) is 1. The first-order chi connectivity index (χ1) is 7.04. The molecule has 86 valence electrons. The Morgan fingerprint density at radius 1 is 0.867 bits per heavy atom. The monoisotopic (exact) mass is 207 g/mol. The van der Waals surface area contributed by atoms with Gasteiger partial charge in [-0.15, -0.1) is 0 Å². The van der Waals surface area contributed by atoms with Crippen LogP contribution in [0.4, 0.5) is 0 Å². The van der Waals surface area contributed by atoms with Crippen molar-refractivity contribution in [2.45, 2.75) is 34.6 Å². The van der Waals surface area contributed by atoms with Gasteiger partial charge in [0.2, 0.25) is 0 Å². The molecule has 0 spiro atoms. The van der Waals surface area contributed by atoms with E-state index in [1.807, 2.05) is 38.4 Å². The van der Waals surface area contributed by atoms with E-state index >= 15 is 0 Å². The van der Waals surface area contributed by atoms with E-state index in [1.54, 1.807) is 0 Å². The first-order valence-electron chi connectivity index (χ1n) is 5.28. The SMILES string of the molecule is C/C=C\C=C(C)C.CN/C=C\C=C(C)C. The van der Waals surface area contributed by atoms with E-state index in [9.17, 15) is 0 Å². The van der Waals surface area contributed by atoms with Crippen LogP contribution in [0.1, 0.15) is 34.6 Å². The van der Waals surface area contributed by atoms with Crippen molar-refractivity contribution >= 4 is 0 Å². The molecule has 0 aromatic heterocycles. The fraction of sp³-hybridized carbons (Fsp3) is 0.429. The van der Waals surface area contributed by atoms with Crippen LogP contribution in [-0.4, -0.2) is 7.05 Å². The summed E-state index contributed by atoms with van der Waals surface area (Å²) in [6.07, 6.45) is 12.1. The zero-order valence-corrected chi connectivity index (χ0v) is 11.0. The maximum absolute atomic E-state index is 2.90. The molecule has 0 aliphatic carbocycles. The van der Waals surface area contributed by atoms with E-state index in [0.29, 0.717) is 0 Å². The molecule has 0 aliphatic rings. The Morgan fingerprint density at radius 3 is 1.60 bits per heavy atom. The molecule has 0 fully saturated rings. The molecule has 0 saturated carbocycles. The van der Waals surface area contributed by atoms with Crippen molar-refractivity contribution in [3.63, 3.8) is 0 Å². The van der Waals surface area contributed by atoms with Crippen LogP contribution in [0.2, 0.25) is 0 Å². The molecule has 0 aromatic carbocycles. The summed E-state index contributed by atoms with van der Waals surface area (Å²) < 4.78 is 0. The molecular weight excluding hydrogens is 182 g/mol. The lowest BCUT2D eigenvalue weighted by molar-refractivity contribution is 1.10. The van der Waals surface area contributed by atoms with Crippen LogP contribution in [-0.2, 0) is 0 Å². The Morgan fingerprint density at radius 2 is 1.33 bits per heavy atom. The van der Waals surface area contributed by atoms with E-state index in [2.05, 4.69) is 45.2 Å². The van der Waals surface area contributed by atoms with Crippen molar-refractivity contribution in [1.82, 2.24) is 5.32 Å². The van der Waals surface area contributed by atoms with E-state index < -0.39 is 0 Å². The quantitative estimate of drug-likeness (QED) is 0.683. The van der Waals surface area contributed by atoms with Crippen molar-refractivity contribution < 1.29 is 0 Å². The summed E-state index contributed by atoms with van der Waals surface area (Å²) in [5.41, 5.74) is 2.66. The van der Waals surface area contributed by atoms with Crippen LogP contribution in [0.3, 0.4) is 0 Å². The summed E-state index contributed by atoms with van der Waals surface area (Å²) in [4.78, 5) is 0. The molecule has 0 atom stereocenters. The second-order valence-corrected chi connectivity index (χ2v) is 3.66. The largest absolute Gasteiger partial charge is 0.394 e. The Hall–Kier alpha value is -1.24. The molecule has 1 nitrogen and oxygen atoms in total. The summed E-state index contributed by atoms with van der Waals surface area (Å²) in [7, 11) is 1.88. The average Bonchev–Trinajstić information content (AvgIpc) is 2.15. The van der Waals surface area contributed by atoms with Crippen molar-refractivity contribution in [3.8, 4) is 0 Å². The van der Waals surface area contributed by atoms with Crippen LogP contribution in [0.25, 0.3) is 0 Å². The second kappa shape index (κ2) is 12.8. The minimum absolute atomic E-state index is 1.32. The lowest BCUT2D eigenvalue weighted by Gasteiger charge is -1.82. The number of rotatable bonds is 3. The fourth-order valence-corrected chi connectivity index (χ4v) is 0.625.